The lowest BCUT2D eigenvalue weighted by molar-refractivity contribution is 0.0653. The predicted molar refractivity (Wildman–Crippen MR) is 79.5 cm³/mol. The Bertz CT molecular complexity index is 490. The van der Waals surface area contributed by atoms with E-state index in [9.17, 15) is 4.79 Å². The number of rotatable bonds is 2. The molecule has 4 nitrogen and oxygen atoms in total. The average Bonchev–Trinajstić information content (AvgIpc) is 2.82. The van der Waals surface area contributed by atoms with Gasteiger partial charge in [-0.3, -0.25) is 4.90 Å². The second kappa shape index (κ2) is 4.77. The maximum atomic E-state index is 11.4. The van der Waals surface area contributed by atoms with Gasteiger partial charge in [-0.05, 0) is 45.3 Å². The minimum Gasteiger partial charge on any atom is -0.336 e. The Hall–Kier alpha value is -1.55. The average molecular weight is 273 g/mol. The molecule has 1 saturated carbocycles. The largest absolute Gasteiger partial charge is 0.336 e. The maximum absolute atomic E-state index is 11.4. The molecule has 0 atom stereocenters. The molecule has 108 valence electrons. The summed E-state index contributed by atoms with van der Waals surface area (Å²) in [6.07, 6.45) is 4.20. The van der Waals surface area contributed by atoms with Crippen molar-refractivity contribution in [2.24, 2.45) is 0 Å². The molecule has 0 aromatic heterocycles. The number of hydrogen-bond acceptors (Lipinski definition) is 2. The first-order valence-electron chi connectivity index (χ1n) is 7.35. The molecule has 0 radical (unpaired) electrons. The number of carbonyl (C=O) groups excluding carboxylic acids is 1. The number of urea groups is 1. The third kappa shape index (κ3) is 2.08. The highest BCUT2D eigenvalue weighted by atomic mass is 16.2. The topological polar surface area (TPSA) is 44.4 Å². The van der Waals surface area contributed by atoms with Crippen molar-refractivity contribution in [1.82, 2.24) is 15.5 Å². The highest BCUT2D eigenvalue weighted by Crippen LogP contribution is 2.44. The van der Waals surface area contributed by atoms with Gasteiger partial charge in [0.1, 0.15) is 0 Å². The molecule has 3 rings (SSSR count). The van der Waals surface area contributed by atoms with Crippen LogP contribution in [0, 0.1) is 0 Å². The van der Waals surface area contributed by atoms with Gasteiger partial charge in [-0.15, -0.1) is 0 Å². The third-order valence-corrected chi connectivity index (χ3v) is 5.17. The quantitative estimate of drug-likeness (QED) is 0.866. The van der Waals surface area contributed by atoms with Crippen molar-refractivity contribution in [2.45, 2.75) is 36.8 Å². The number of nitrogens with one attached hydrogen (secondary N) is 2. The summed E-state index contributed by atoms with van der Waals surface area (Å²) in [5, 5.41) is 6.04. The summed E-state index contributed by atoms with van der Waals surface area (Å²) in [5.74, 6) is 0. The molecule has 1 aromatic rings. The van der Waals surface area contributed by atoms with Crippen molar-refractivity contribution in [3.05, 3.63) is 35.9 Å². The van der Waals surface area contributed by atoms with Crippen LogP contribution in [-0.4, -0.2) is 37.1 Å². The summed E-state index contributed by atoms with van der Waals surface area (Å²) in [6, 6.07) is 10.7. The van der Waals surface area contributed by atoms with Crippen LogP contribution >= 0.6 is 0 Å². The molecule has 2 amide bonds. The highest BCUT2D eigenvalue weighted by molar-refractivity contribution is 5.77. The van der Waals surface area contributed by atoms with E-state index in [4.69, 9.17) is 0 Å². The van der Waals surface area contributed by atoms with Crippen molar-refractivity contribution in [2.75, 3.05) is 20.6 Å². The Morgan fingerprint density at radius 2 is 1.70 bits per heavy atom. The van der Waals surface area contributed by atoms with Crippen molar-refractivity contribution in [3.63, 3.8) is 0 Å². The van der Waals surface area contributed by atoms with Gasteiger partial charge < -0.3 is 10.6 Å². The fraction of sp³-hybridized carbons (Fsp3) is 0.562. The first-order valence-corrected chi connectivity index (χ1v) is 7.35. The van der Waals surface area contributed by atoms with Crippen molar-refractivity contribution in [3.8, 4) is 0 Å². The molecule has 1 spiro atoms. The Morgan fingerprint density at radius 3 is 2.20 bits per heavy atom. The van der Waals surface area contributed by atoms with E-state index in [1.165, 1.54) is 5.56 Å². The molecular weight excluding hydrogens is 250 g/mol. The summed E-state index contributed by atoms with van der Waals surface area (Å²) < 4.78 is 0. The molecular formula is C16H23N3O. The Kier molecular flexibility index (Phi) is 3.21. The smallest absolute Gasteiger partial charge is 0.315 e. The minimum absolute atomic E-state index is 0.0120. The Morgan fingerprint density at radius 1 is 1.05 bits per heavy atom. The molecule has 1 aliphatic carbocycles. The molecule has 2 aliphatic rings. The fourth-order valence-corrected chi connectivity index (χ4v) is 3.77. The molecule has 2 N–H and O–H groups in total. The molecule has 1 aliphatic heterocycles. The highest BCUT2D eigenvalue weighted by Gasteiger charge is 2.47. The zero-order valence-corrected chi connectivity index (χ0v) is 12.3. The summed E-state index contributed by atoms with van der Waals surface area (Å²) in [7, 11) is 4.33. The SMILES string of the molecule is CN(C)[C@]1(c2ccccc2)CC[C@@]2(CC1)CNC(=O)N2. The van der Waals surface area contributed by atoms with Gasteiger partial charge in [-0.1, -0.05) is 30.3 Å². The van der Waals surface area contributed by atoms with Crippen molar-refractivity contribution in [1.29, 1.82) is 0 Å². The van der Waals surface area contributed by atoms with Crippen LogP contribution in [0.5, 0.6) is 0 Å². The number of nitrogens with zero attached hydrogens (tertiary/aromatic N) is 1. The Labute approximate surface area is 120 Å². The summed E-state index contributed by atoms with van der Waals surface area (Å²) in [5.41, 5.74) is 1.46. The number of carbonyl (C=O) groups is 1. The Balaban J connectivity index is 1.84. The van der Waals surface area contributed by atoms with E-state index in [1.54, 1.807) is 0 Å². The maximum Gasteiger partial charge on any atom is 0.315 e. The molecule has 20 heavy (non-hydrogen) atoms. The van der Waals surface area contributed by atoms with E-state index in [2.05, 4.69) is 60.0 Å². The van der Waals surface area contributed by atoms with Crippen LogP contribution in [0.4, 0.5) is 4.79 Å². The van der Waals surface area contributed by atoms with Crippen LogP contribution in [-0.2, 0) is 5.54 Å². The zero-order chi connectivity index (χ0) is 14.2. The van der Waals surface area contributed by atoms with Gasteiger partial charge in [0.05, 0.1) is 5.54 Å². The van der Waals surface area contributed by atoms with Crippen LogP contribution < -0.4 is 10.6 Å². The normalized spacial score (nSPS) is 33.2. The van der Waals surface area contributed by atoms with Crippen molar-refractivity contribution >= 4 is 6.03 Å². The monoisotopic (exact) mass is 273 g/mol. The van der Waals surface area contributed by atoms with E-state index in [0.717, 1.165) is 32.2 Å². The molecule has 1 saturated heterocycles. The summed E-state index contributed by atoms with van der Waals surface area (Å²) in [4.78, 5) is 13.8. The van der Waals surface area contributed by atoms with Gasteiger partial charge >= 0.3 is 6.03 Å². The van der Waals surface area contributed by atoms with Crippen LogP contribution in [0.15, 0.2) is 30.3 Å². The first-order chi connectivity index (χ1) is 9.56. The molecule has 4 heteroatoms. The minimum atomic E-state index is -0.0224. The van der Waals surface area contributed by atoms with Gasteiger partial charge in [-0.25, -0.2) is 4.79 Å². The number of benzene rings is 1. The summed E-state index contributed by atoms with van der Waals surface area (Å²) in [6.45, 7) is 0.768. The second-order valence-corrected chi connectivity index (χ2v) is 6.38. The summed E-state index contributed by atoms with van der Waals surface area (Å²) >= 11 is 0. The second-order valence-electron chi connectivity index (χ2n) is 6.38. The number of hydrogen-bond donors (Lipinski definition) is 2. The fourth-order valence-electron chi connectivity index (χ4n) is 3.77. The van der Waals surface area contributed by atoms with Crippen LogP contribution in [0.3, 0.4) is 0 Å². The van der Waals surface area contributed by atoms with Gasteiger partial charge in [0, 0.05) is 12.1 Å². The van der Waals surface area contributed by atoms with Gasteiger partial charge in [0.15, 0.2) is 0 Å². The van der Waals surface area contributed by atoms with Crippen molar-refractivity contribution < 1.29 is 4.79 Å². The molecule has 1 heterocycles. The van der Waals surface area contributed by atoms with E-state index in [0.29, 0.717) is 0 Å². The molecule has 0 bridgehead atoms. The first kappa shape index (κ1) is 13.4. The van der Waals surface area contributed by atoms with Gasteiger partial charge in [0.25, 0.3) is 0 Å². The van der Waals surface area contributed by atoms with Crippen LogP contribution in [0.2, 0.25) is 0 Å². The molecule has 1 aromatic carbocycles. The number of amides is 2. The lowest BCUT2D eigenvalue weighted by Crippen LogP contribution is -2.53. The van der Waals surface area contributed by atoms with Crippen LogP contribution in [0.25, 0.3) is 0 Å². The third-order valence-electron chi connectivity index (χ3n) is 5.17. The predicted octanol–water partition coefficient (Wildman–Crippen LogP) is 2.07. The molecule has 2 fully saturated rings. The van der Waals surface area contributed by atoms with Gasteiger partial charge in [0.2, 0.25) is 0 Å². The van der Waals surface area contributed by atoms with E-state index < -0.39 is 0 Å². The van der Waals surface area contributed by atoms with E-state index in [1.807, 2.05) is 0 Å². The van der Waals surface area contributed by atoms with E-state index in [-0.39, 0.29) is 17.1 Å². The lowest BCUT2D eigenvalue weighted by Gasteiger charge is -2.48. The standard InChI is InChI=1S/C16H23N3O/c1-19(2)16(13-6-4-3-5-7-13)10-8-15(9-11-16)12-17-14(20)18-15/h3-7H,8-12H2,1-2H3,(H2,17,18,20)/t15-,16-. The zero-order valence-electron chi connectivity index (χ0n) is 12.3. The van der Waals surface area contributed by atoms with Crippen LogP contribution in [0.1, 0.15) is 31.2 Å². The van der Waals surface area contributed by atoms with E-state index >= 15 is 0 Å². The van der Waals surface area contributed by atoms with Gasteiger partial charge in [-0.2, -0.15) is 0 Å². The lowest BCUT2D eigenvalue weighted by atomic mass is 9.69. The molecule has 0 unspecified atom stereocenters.